The van der Waals surface area contributed by atoms with Gasteiger partial charge in [0.25, 0.3) is 0 Å². The van der Waals surface area contributed by atoms with E-state index in [1.807, 2.05) is 18.0 Å². The van der Waals surface area contributed by atoms with Gasteiger partial charge in [0.05, 0.1) is 6.26 Å². The summed E-state index contributed by atoms with van der Waals surface area (Å²) in [7, 11) is 0. The van der Waals surface area contributed by atoms with Crippen molar-refractivity contribution in [2.45, 2.75) is 10.2 Å². The van der Waals surface area contributed by atoms with Crippen molar-refractivity contribution in [3.63, 3.8) is 0 Å². The molecule has 3 aliphatic rings. The molecule has 1 nitrogen and oxygen atoms in total. The number of rotatable bonds is 0. The van der Waals surface area contributed by atoms with E-state index in [-0.39, 0.29) is 4.75 Å². The Morgan fingerprint density at radius 1 is 1.50 bits per heavy atom. The van der Waals surface area contributed by atoms with E-state index in [1.54, 1.807) is 0 Å². The first-order valence-corrected chi connectivity index (χ1v) is 4.20. The Kier molecular flexibility index (Phi) is 0.684. The van der Waals surface area contributed by atoms with Crippen LogP contribution in [-0.2, 0) is 4.74 Å². The van der Waals surface area contributed by atoms with Crippen LogP contribution in [0.5, 0.6) is 0 Å². The van der Waals surface area contributed by atoms with Gasteiger partial charge in [-0.1, -0.05) is 36.1 Å². The predicted molar refractivity (Wildman–Crippen MR) is 41.6 cm³/mol. The Bertz CT molecular complexity index is 277. The van der Waals surface area contributed by atoms with Crippen molar-refractivity contribution in [3.8, 4) is 0 Å². The molecule has 0 bridgehead atoms. The van der Waals surface area contributed by atoms with E-state index >= 15 is 0 Å². The van der Waals surface area contributed by atoms with Gasteiger partial charge in [0.1, 0.15) is 4.75 Å². The smallest absolute Gasteiger partial charge is 0.167 e. The molecule has 1 spiro atoms. The summed E-state index contributed by atoms with van der Waals surface area (Å²) in [5.74, 6) is 0. The molecule has 50 valence electrons. The fourth-order valence-electron chi connectivity index (χ4n) is 1.44. The number of hydrogen-bond donors (Lipinski definition) is 0. The quantitative estimate of drug-likeness (QED) is 0.487. The standard InChI is InChI=1S/C8H6OS/c1-2-4-8-6(3-1)5-9-7(8)10-8/h1-5,7H. The van der Waals surface area contributed by atoms with E-state index in [0.717, 1.165) is 0 Å². The minimum Gasteiger partial charge on any atom is -0.485 e. The van der Waals surface area contributed by atoms with E-state index in [1.165, 1.54) is 5.57 Å². The molecule has 0 radical (unpaired) electrons. The van der Waals surface area contributed by atoms with Crippen molar-refractivity contribution in [1.29, 1.82) is 0 Å². The molecule has 2 unspecified atom stereocenters. The molecule has 1 fully saturated rings. The van der Waals surface area contributed by atoms with E-state index in [4.69, 9.17) is 4.74 Å². The third kappa shape index (κ3) is 0.399. The molecular weight excluding hydrogens is 144 g/mol. The summed E-state index contributed by atoms with van der Waals surface area (Å²) in [6.07, 6.45) is 10.4. The molecule has 0 saturated carbocycles. The van der Waals surface area contributed by atoms with Gasteiger partial charge in [0, 0.05) is 5.57 Å². The zero-order valence-electron chi connectivity index (χ0n) is 5.28. The van der Waals surface area contributed by atoms with Crippen molar-refractivity contribution in [2.75, 3.05) is 0 Å². The summed E-state index contributed by atoms with van der Waals surface area (Å²) in [5, 5.41) is 0. The average molecular weight is 150 g/mol. The molecule has 2 aliphatic heterocycles. The number of hydrogen-bond acceptors (Lipinski definition) is 2. The summed E-state index contributed by atoms with van der Waals surface area (Å²) >= 11 is 1.88. The second-order valence-corrected chi connectivity index (χ2v) is 4.01. The fraction of sp³-hybridized carbons (Fsp3) is 0.250. The summed E-state index contributed by atoms with van der Waals surface area (Å²) < 4.78 is 5.61. The molecule has 1 saturated heterocycles. The van der Waals surface area contributed by atoms with Gasteiger partial charge in [-0.25, -0.2) is 0 Å². The van der Waals surface area contributed by atoms with Gasteiger partial charge in [-0.2, -0.15) is 0 Å². The van der Waals surface area contributed by atoms with Crippen LogP contribution in [0.4, 0.5) is 0 Å². The lowest BCUT2D eigenvalue weighted by molar-refractivity contribution is 0.266. The van der Waals surface area contributed by atoms with Gasteiger partial charge in [0.15, 0.2) is 5.44 Å². The molecule has 2 heteroatoms. The largest absolute Gasteiger partial charge is 0.485 e. The first kappa shape index (κ1) is 5.08. The Morgan fingerprint density at radius 2 is 2.50 bits per heavy atom. The monoisotopic (exact) mass is 150 g/mol. The van der Waals surface area contributed by atoms with Crippen LogP contribution in [0.2, 0.25) is 0 Å². The predicted octanol–water partition coefficient (Wildman–Crippen LogP) is 1.84. The van der Waals surface area contributed by atoms with Crippen molar-refractivity contribution >= 4 is 11.8 Å². The minimum absolute atomic E-state index is 0.245. The molecule has 3 rings (SSSR count). The zero-order chi connectivity index (χ0) is 6.60. The maximum atomic E-state index is 5.36. The lowest BCUT2D eigenvalue weighted by Crippen LogP contribution is -2.09. The average Bonchev–Trinajstić information content (AvgIpc) is 2.55. The summed E-state index contributed by atoms with van der Waals surface area (Å²) in [6, 6.07) is 0. The van der Waals surface area contributed by atoms with E-state index in [0.29, 0.717) is 5.44 Å². The fourth-order valence-corrected chi connectivity index (χ4v) is 2.52. The molecule has 0 aromatic rings. The number of allylic oxidation sites excluding steroid dienone is 3. The first-order chi connectivity index (χ1) is 4.92. The highest BCUT2D eigenvalue weighted by molar-refractivity contribution is 8.09. The molecular formula is C8H6OS. The Labute approximate surface area is 63.4 Å². The summed E-state index contributed by atoms with van der Waals surface area (Å²) in [4.78, 5) is 0. The van der Waals surface area contributed by atoms with Crippen LogP contribution in [0.3, 0.4) is 0 Å². The van der Waals surface area contributed by atoms with E-state index in [2.05, 4.69) is 24.3 Å². The van der Waals surface area contributed by atoms with Crippen molar-refractivity contribution in [2.24, 2.45) is 0 Å². The van der Waals surface area contributed by atoms with Gasteiger partial charge in [0.2, 0.25) is 0 Å². The Morgan fingerprint density at radius 3 is 3.30 bits per heavy atom. The van der Waals surface area contributed by atoms with Crippen LogP contribution in [0.1, 0.15) is 0 Å². The van der Waals surface area contributed by atoms with Crippen LogP contribution in [0.25, 0.3) is 0 Å². The van der Waals surface area contributed by atoms with E-state index < -0.39 is 0 Å². The Balaban J connectivity index is 2.17. The SMILES string of the molecule is C1=CC2=COC3SC23C=C1. The normalized spacial score (nSPS) is 45.6. The first-order valence-electron chi connectivity index (χ1n) is 3.32. The topological polar surface area (TPSA) is 9.23 Å². The molecule has 1 aliphatic carbocycles. The van der Waals surface area contributed by atoms with E-state index in [9.17, 15) is 0 Å². The van der Waals surface area contributed by atoms with Crippen LogP contribution in [0, 0.1) is 0 Å². The summed E-state index contributed by atoms with van der Waals surface area (Å²) in [6.45, 7) is 0. The minimum atomic E-state index is 0.245. The van der Waals surface area contributed by atoms with Gasteiger partial charge in [-0.05, 0) is 0 Å². The highest BCUT2D eigenvalue weighted by Crippen LogP contribution is 2.64. The summed E-state index contributed by atoms with van der Waals surface area (Å²) in [5.41, 5.74) is 1.72. The van der Waals surface area contributed by atoms with Crippen molar-refractivity contribution < 1.29 is 4.74 Å². The molecule has 0 aromatic heterocycles. The van der Waals surface area contributed by atoms with Gasteiger partial charge < -0.3 is 4.74 Å². The third-order valence-electron chi connectivity index (χ3n) is 2.10. The highest BCUT2D eigenvalue weighted by atomic mass is 32.2. The lowest BCUT2D eigenvalue weighted by Gasteiger charge is -2.06. The maximum Gasteiger partial charge on any atom is 0.167 e. The maximum absolute atomic E-state index is 5.36. The number of thioether (sulfide) groups is 1. The molecule has 10 heavy (non-hydrogen) atoms. The van der Waals surface area contributed by atoms with Gasteiger partial charge >= 0.3 is 0 Å². The third-order valence-corrected chi connectivity index (χ3v) is 3.51. The number of ether oxygens (including phenoxy) is 1. The molecule has 0 amide bonds. The van der Waals surface area contributed by atoms with Crippen molar-refractivity contribution in [1.82, 2.24) is 0 Å². The van der Waals surface area contributed by atoms with Crippen LogP contribution >= 0.6 is 11.8 Å². The molecule has 0 N–H and O–H groups in total. The van der Waals surface area contributed by atoms with Gasteiger partial charge in [-0.3, -0.25) is 0 Å². The molecule has 2 atom stereocenters. The van der Waals surface area contributed by atoms with Crippen LogP contribution < -0.4 is 0 Å². The van der Waals surface area contributed by atoms with Crippen LogP contribution in [-0.4, -0.2) is 10.2 Å². The van der Waals surface area contributed by atoms with Crippen molar-refractivity contribution in [3.05, 3.63) is 36.1 Å². The highest BCUT2D eigenvalue weighted by Gasteiger charge is 2.61. The lowest BCUT2D eigenvalue weighted by atomic mass is 9.98. The second-order valence-electron chi connectivity index (χ2n) is 2.67. The molecule has 2 heterocycles. The Hall–Kier alpha value is -0.630. The zero-order valence-corrected chi connectivity index (χ0v) is 6.10. The second kappa shape index (κ2) is 1.35. The van der Waals surface area contributed by atoms with Crippen LogP contribution in [0.15, 0.2) is 36.1 Å². The van der Waals surface area contributed by atoms with Gasteiger partial charge in [-0.15, -0.1) is 0 Å². The molecule has 0 aromatic carbocycles.